The molecule has 0 radical (unpaired) electrons. The number of nitrogens with zero attached hydrogens (tertiary/aromatic N) is 2. The molecular weight excluding hydrogens is 178 g/mol. The summed E-state index contributed by atoms with van der Waals surface area (Å²) in [5.41, 5.74) is 0. The van der Waals surface area contributed by atoms with Gasteiger partial charge in [-0.15, -0.1) is 0 Å². The molecule has 4 nitrogen and oxygen atoms in total. The van der Waals surface area contributed by atoms with Gasteiger partial charge in [0.1, 0.15) is 5.92 Å². The van der Waals surface area contributed by atoms with E-state index in [4.69, 9.17) is 5.26 Å². The monoisotopic (exact) mass is 197 g/mol. The highest BCUT2D eigenvalue weighted by Crippen LogP contribution is 1.93. The lowest BCUT2D eigenvalue weighted by Crippen LogP contribution is -2.37. The Bertz CT molecular complexity index is 220. The first-order chi connectivity index (χ1) is 6.49. The van der Waals surface area contributed by atoms with Gasteiger partial charge in [0.05, 0.1) is 6.07 Å². The fourth-order valence-corrected chi connectivity index (χ4v) is 0.825. The molecule has 1 N–H and O–H groups in total. The molecule has 0 fully saturated rings. The summed E-state index contributed by atoms with van der Waals surface area (Å²) in [5.74, 6) is -0.746. The molecule has 0 saturated heterocycles. The van der Waals surface area contributed by atoms with Gasteiger partial charge >= 0.3 is 0 Å². The first-order valence-electron chi connectivity index (χ1n) is 4.86. The number of likely N-dealkylation sites (N-methyl/N-ethyl adjacent to an activating group) is 1. The quantitative estimate of drug-likeness (QED) is 0.702. The Hall–Kier alpha value is -1.08. The van der Waals surface area contributed by atoms with Crippen LogP contribution >= 0.6 is 0 Å². The molecule has 0 bridgehead atoms. The summed E-state index contributed by atoms with van der Waals surface area (Å²) in [6.45, 7) is 7.20. The molecule has 0 aliphatic rings. The van der Waals surface area contributed by atoms with Crippen molar-refractivity contribution in [3.05, 3.63) is 0 Å². The maximum absolute atomic E-state index is 11.2. The van der Waals surface area contributed by atoms with Crippen LogP contribution in [-0.2, 0) is 4.79 Å². The van der Waals surface area contributed by atoms with Crippen molar-refractivity contribution in [3.8, 4) is 6.07 Å². The van der Waals surface area contributed by atoms with Crippen molar-refractivity contribution in [1.82, 2.24) is 10.2 Å². The third kappa shape index (κ3) is 4.83. The van der Waals surface area contributed by atoms with Crippen LogP contribution < -0.4 is 5.32 Å². The topological polar surface area (TPSA) is 56.1 Å². The van der Waals surface area contributed by atoms with Crippen LogP contribution in [0.2, 0.25) is 0 Å². The summed E-state index contributed by atoms with van der Waals surface area (Å²) in [7, 11) is 2.00. The molecule has 0 rings (SSSR count). The van der Waals surface area contributed by atoms with E-state index >= 15 is 0 Å². The SMILES string of the molecule is CC(C#N)C(=O)NCCN(C)C(C)C. The molecule has 14 heavy (non-hydrogen) atoms. The van der Waals surface area contributed by atoms with Crippen LogP contribution in [0.5, 0.6) is 0 Å². The molecule has 1 unspecified atom stereocenters. The van der Waals surface area contributed by atoms with Gasteiger partial charge < -0.3 is 10.2 Å². The normalized spacial score (nSPS) is 12.6. The van der Waals surface area contributed by atoms with Gasteiger partial charge in [-0.1, -0.05) is 0 Å². The van der Waals surface area contributed by atoms with Gasteiger partial charge in [-0.05, 0) is 27.8 Å². The highest BCUT2D eigenvalue weighted by atomic mass is 16.1. The molecule has 0 aromatic heterocycles. The zero-order valence-electron chi connectivity index (χ0n) is 9.37. The molecular formula is C10H19N3O. The second-order valence-corrected chi connectivity index (χ2v) is 3.72. The van der Waals surface area contributed by atoms with Gasteiger partial charge in [-0.3, -0.25) is 4.79 Å². The van der Waals surface area contributed by atoms with E-state index in [0.29, 0.717) is 12.6 Å². The van der Waals surface area contributed by atoms with Crippen LogP contribution in [0.15, 0.2) is 0 Å². The van der Waals surface area contributed by atoms with Crippen molar-refractivity contribution < 1.29 is 4.79 Å². The lowest BCUT2D eigenvalue weighted by atomic mass is 10.2. The fraction of sp³-hybridized carbons (Fsp3) is 0.800. The van der Waals surface area contributed by atoms with E-state index in [-0.39, 0.29) is 5.91 Å². The highest BCUT2D eigenvalue weighted by molar-refractivity contribution is 5.80. The summed E-state index contributed by atoms with van der Waals surface area (Å²) in [6.07, 6.45) is 0. The standard InChI is InChI=1S/C10H19N3O/c1-8(2)13(4)6-5-12-10(14)9(3)7-11/h8-9H,5-6H2,1-4H3,(H,12,14). The lowest BCUT2D eigenvalue weighted by Gasteiger charge is -2.20. The number of nitrogens with one attached hydrogen (secondary N) is 1. The number of amides is 1. The average molecular weight is 197 g/mol. The third-order valence-electron chi connectivity index (χ3n) is 2.23. The van der Waals surface area contributed by atoms with E-state index < -0.39 is 5.92 Å². The van der Waals surface area contributed by atoms with E-state index in [9.17, 15) is 4.79 Å². The van der Waals surface area contributed by atoms with Crippen LogP contribution in [0.1, 0.15) is 20.8 Å². The van der Waals surface area contributed by atoms with Gasteiger partial charge in [-0.25, -0.2) is 0 Å². The van der Waals surface area contributed by atoms with E-state index in [1.165, 1.54) is 0 Å². The van der Waals surface area contributed by atoms with E-state index in [0.717, 1.165) is 6.54 Å². The van der Waals surface area contributed by atoms with Crippen LogP contribution in [0, 0.1) is 17.2 Å². The molecule has 0 aliphatic heterocycles. The first kappa shape index (κ1) is 12.9. The summed E-state index contributed by atoms with van der Waals surface area (Å²) in [6, 6.07) is 2.37. The highest BCUT2D eigenvalue weighted by Gasteiger charge is 2.10. The largest absolute Gasteiger partial charge is 0.354 e. The third-order valence-corrected chi connectivity index (χ3v) is 2.23. The van der Waals surface area contributed by atoms with Crippen molar-refractivity contribution in [2.45, 2.75) is 26.8 Å². The molecule has 4 heteroatoms. The number of carbonyl (C=O) groups is 1. The maximum Gasteiger partial charge on any atom is 0.237 e. The number of nitriles is 1. The van der Waals surface area contributed by atoms with E-state index in [2.05, 4.69) is 24.1 Å². The molecule has 1 amide bonds. The summed E-state index contributed by atoms with van der Waals surface area (Å²) in [4.78, 5) is 13.3. The van der Waals surface area contributed by atoms with E-state index in [1.807, 2.05) is 13.1 Å². The number of carbonyl (C=O) groups excluding carboxylic acids is 1. The Morgan fingerprint density at radius 3 is 2.50 bits per heavy atom. The van der Waals surface area contributed by atoms with Crippen molar-refractivity contribution in [2.24, 2.45) is 5.92 Å². The molecule has 0 aliphatic carbocycles. The molecule has 80 valence electrons. The summed E-state index contributed by atoms with van der Waals surface area (Å²) >= 11 is 0. The van der Waals surface area contributed by atoms with Crippen molar-refractivity contribution in [3.63, 3.8) is 0 Å². The molecule has 0 saturated carbocycles. The van der Waals surface area contributed by atoms with Gasteiger partial charge in [0.15, 0.2) is 0 Å². The smallest absolute Gasteiger partial charge is 0.237 e. The fourth-order valence-electron chi connectivity index (χ4n) is 0.825. The minimum atomic E-state index is -0.556. The Morgan fingerprint density at radius 2 is 2.07 bits per heavy atom. The second kappa shape index (κ2) is 6.39. The Morgan fingerprint density at radius 1 is 1.50 bits per heavy atom. The number of hydrogen-bond donors (Lipinski definition) is 1. The van der Waals surface area contributed by atoms with Gasteiger partial charge in [0, 0.05) is 19.1 Å². The van der Waals surface area contributed by atoms with Crippen LogP contribution in [-0.4, -0.2) is 37.0 Å². The van der Waals surface area contributed by atoms with Crippen molar-refractivity contribution in [2.75, 3.05) is 20.1 Å². The minimum absolute atomic E-state index is 0.190. The number of rotatable bonds is 5. The zero-order chi connectivity index (χ0) is 11.1. The molecule has 0 heterocycles. The predicted octanol–water partition coefficient (Wildman–Crippen LogP) is 0.602. The van der Waals surface area contributed by atoms with Crippen LogP contribution in [0.3, 0.4) is 0 Å². The predicted molar refractivity (Wildman–Crippen MR) is 55.6 cm³/mol. The molecule has 0 spiro atoms. The summed E-state index contributed by atoms with van der Waals surface area (Å²) in [5, 5.41) is 11.2. The Labute approximate surface area is 85.9 Å². The summed E-state index contributed by atoms with van der Waals surface area (Å²) < 4.78 is 0. The minimum Gasteiger partial charge on any atom is -0.354 e. The Balaban J connectivity index is 3.65. The van der Waals surface area contributed by atoms with Gasteiger partial charge in [-0.2, -0.15) is 5.26 Å². The van der Waals surface area contributed by atoms with Crippen LogP contribution in [0.4, 0.5) is 0 Å². The van der Waals surface area contributed by atoms with E-state index in [1.54, 1.807) is 6.92 Å². The van der Waals surface area contributed by atoms with Crippen molar-refractivity contribution in [1.29, 1.82) is 5.26 Å². The van der Waals surface area contributed by atoms with Crippen LogP contribution in [0.25, 0.3) is 0 Å². The molecule has 0 aromatic rings. The van der Waals surface area contributed by atoms with Gasteiger partial charge in [0.25, 0.3) is 0 Å². The van der Waals surface area contributed by atoms with Crippen molar-refractivity contribution >= 4 is 5.91 Å². The second-order valence-electron chi connectivity index (χ2n) is 3.72. The molecule has 0 aromatic carbocycles. The molecule has 1 atom stereocenters. The number of hydrogen-bond acceptors (Lipinski definition) is 3. The van der Waals surface area contributed by atoms with Gasteiger partial charge in [0.2, 0.25) is 5.91 Å². The Kier molecular flexibility index (Phi) is 5.89. The lowest BCUT2D eigenvalue weighted by molar-refractivity contribution is -0.123. The maximum atomic E-state index is 11.2. The zero-order valence-corrected chi connectivity index (χ0v) is 9.37. The first-order valence-corrected chi connectivity index (χ1v) is 4.86. The average Bonchev–Trinajstić information content (AvgIpc) is 2.15.